The number of hydrogen-bond acceptors (Lipinski definition) is 3. The van der Waals surface area contributed by atoms with E-state index in [1.807, 2.05) is 19.9 Å². The number of rotatable bonds is 4. The lowest BCUT2D eigenvalue weighted by molar-refractivity contribution is 0.0696. The van der Waals surface area contributed by atoms with Crippen LogP contribution in [-0.2, 0) is 19.9 Å². The van der Waals surface area contributed by atoms with Gasteiger partial charge in [0.05, 0.1) is 11.4 Å². The maximum absolute atomic E-state index is 11.4. The number of nitrogens with zero attached hydrogens (tertiary/aromatic N) is 4. The largest absolute Gasteiger partial charge is 0.477 e. The summed E-state index contributed by atoms with van der Waals surface area (Å²) in [7, 11) is 1.74. The SMILES string of the molecule is CCc1cc(CC)n(-c2c(C(=O)O)c(C)nn2C)n1. The van der Waals surface area contributed by atoms with Gasteiger partial charge in [-0.25, -0.2) is 14.2 Å². The smallest absolute Gasteiger partial charge is 0.341 e. The lowest BCUT2D eigenvalue weighted by Gasteiger charge is -2.07. The van der Waals surface area contributed by atoms with Gasteiger partial charge >= 0.3 is 5.97 Å². The monoisotopic (exact) mass is 262 g/mol. The second-order valence-corrected chi connectivity index (χ2v) is 4.46. The van der Waals surface area contributed by atoms with Crippen molar-refractivity contribution in [2.75, 3.05) is 0 Å². The molecule has 0 amide bonds. The highest BCUT2D eigenvalue weighted by atomic mass is 16.4. The summed E-state index contributed by atoms with van der Waals surface area (Å²) in [6.07, 6.45) is 1.61. The van der Waals surface area contributed by atoms with Crippen molar-refractivity contribution in [1.29, 1.82) is 0 Å². The summed E-state index contributed by atoms with van der Waals surface area (Å²) in [6.45, 7) is 5.75. The molecule has 0 bridgehead atoms. The van der Waals surface area contributed by atoms with Gasteiger partial charge in [0.15, 0.2) is 5.82 Å². The summed E-state index contributed by atoms with van der Waals surface area (Å²) in [5.41, 5.74) is 2.65. The van der Waals surface area contributed by atoms with Crippen molar-refractivity contribution in [3.05, 3.63) is 28.7 Å². The molecule has 2 aromatic rings. The van der Waals surface area contributed by atoms with Gasteiger partial charge in [0.2, 0.25) is 0 Å². The molecule has 0 aliphatic rings. The predicted molar refractivity (Wildman–Crippen MR) is 70.8 cm³/mol. The van der Waals surface area contributed by atoms with Gasteiger partial charge < -0.3 is 5.11 Å². The quantitative estimate of drug-likeness (QED) is 0.910. The predicted octanol–water partition coefficient (Wildman–Crippen LogP) is 1.74. The molecule has 1 N–H and O–H groups in total. The zero-order chi connectivity index (χ0) is 14.2. The topological polar surface area (TPSA) is 72.9 Å². The molecule has 0 atom stereocenters. The van der Waals surface area contributed by atoms with E-state index in [1.54, 1.807) is 23.3 Å². The van der Waals surface area contributed by atoms with E-state index in [1.165, 1.54) is 0 Å². The van der Waals surface area contributed by atoms with Gasteiger partial charge in [-0.3, -0.25) is 0 Å². The Morgan fingerprint density at radius 3 is 2.53 bits per heavy atom. The van der Waals surface area contributed by atoms with Crippen molar-refractivity contribution >= 4 is 5.97 Å². The van der Waals surface area contributed by atoms with Crippen molar-refractivity contribution < 1.29 is 9.90 Å². The first kappa shape index (κ1) is 13.3. The summed E-state index contributed by atoms with van der Waals surface area (Å²) in [5.74, 6) is -0.460. The fourth-order valence-electron chi connectivity index (χ4n) is 2.22. The molecule has 0 saturated carbocycles. The van der Waals surface area contributed by atoms with E-state index >= 15 is 0 Å². The van der Waals surface area contributed by atoms with Gasteiger partial charge in [-0.2, -0.15) is 10.2 Å². The lowest BCUT2D eigenvalue weighted by atomic mass is 10.2. The van der Waals surface area contributed by atoms with Crippen molar-refractivity contribution in [3.63, 3.8) is 0 Å². The molecular formula is C13H18N4O2. The van der Waals surface area contributed by atoms with E-state index in [4.69, 9.17) is 0 Å². The first-order chi connectivity index (χ1) is 8.99. The number of carboxylic acids is 1. The Bertz CT molecular complexity index is 625. The minimum atomic E-state index is -0.976. The highest BCUT2D eigenvalue weighted by molar-refractivity contribution is 5.92. The molecule has 0 spiro atoms. The summed E-state index contributed by atoms with van der Waals surface area (Å²) in [4.78, 5) is 11.4. The Morgan fingerprint density at radius 1 is 1.32 bits per heavy atom. The fourth-order valence-corrected chi connectivity index (χ4v) is 2.22. The Hall–Kier alpha value is -2.11. The zero-order valence-corrected chi connectivity index (χ0v) is 11.6. The van der Waals surface area contributed by atoms with E-state index in [-0.39, 0.29) is 5.56 Å². The summed E-state index contributed by atoms with van der Waals surface area (Å²) < 4.78 is 3.27. The average molecular weight is 262 g/mol. The van der Waals surface area contributed by atoms with Crippen LogP contribution in [0.2, 0.25) is 0 Å². The lowest BCUT2D eigenvalue weighted by Crippen LogP contribution is -2.12. The number of hydrogen-bond donors (Lipinski definition) is 1. The molecule has 6 heteroatoms. The van der Waals surface area contributed by atoms with Crippen molar-refractivity contribution in [2.45, 2.75) is 33.6 Å². The van der Waals surface area contributed by atoms with E-state index in [0.29, 0.717) is 11.5 Å². The zero-order valence-electron chi connectivity index (χ0n) is 11.6. The third-order valence-corrected chi connectivity index (χ3v) is 3.16. The second-order valence-electron chi connectivity index (χ2n) is 4.46. The molecule has 6 nitrogen and oxygen atoms in total. The van der Waals surface area contributed by atoms with E-state index in [2.05, 4.69) is 10.2 Å². The van der Waals surface area contributed by atoms with Gasteiger partial charge in [-0.15, -0.1) is 0 Å². The maximum atomic E-state index is 11.4. The number of aromatic carboxylic acids is 1. The molecule has 102 valence electrons. The highest BCUT2D eigenvalue weighted by Crippen LogP contribution is 2.20. The van der Waals surface area contributed by atoms with Crippen molar-refractivity contribution in [3.8, 4) is 5.82 Å². The van der Waals surface area contributed by atoms with Gasteiger partial charge in [-0.1, -0.05) is 13.8 Å². The fraction of sp³-hybridized carbons (Fsp3) is 0.462. The Morgan fingerprint density at radius 2 is 2.00 bits per heavy atom. The maximum Gasteiger partial charge on any atom is 0.341 e. The summed E-state index contributed by atoms with van der Waals surface area (Å²) >= 11 is 0. The molecule has 2 aromatic heterocycles. The Labute approximate surface area is 111 Å². The normalized spacial score (nSPS) is 10.9. The molecule has 0 radical (unpaired) electrons. The standard InChI is InChI=1S/C13H18N4O2/c1-5-9-7-10(6-2)17(15-9)12-11(13(18)19)8(3)14-16(12)4/h7H,5-6H2,1-4H3,(H,18,19). The number of aryl methyl sites for hydroxylation is 4. The van der Waals surface area contributed by atoms with Gasteiger partial charge in [0.1, 0.15) is 5.56 Å². The molecule has 0 unspecified atom stereocenters. The number of aromatic nitrogens is 4. The van der Waals surface area contributed by atoms with Crippen LogP contribution in [0.4, 0.5) is 0 Å². The van der Waals surface area contributed by atoms with Crippen LogP contribution in [0.25, 0.3) is 5.82 Å². The third kappa shape index (κ3) is 2.14. The van der Waals surface area contributed by atoms with Crippen LogP contribution in [-0.4, -0.2) is 30.6 Å². The van der Waals surface area contributed by atoms with Gasteiger partial charge in [0, 0.05) is 12.7 Å². The summed E-state index contributed by atoms with van der Waals surface area (Å²) in [5, 5.41) is 18.0. The molecule has 0 fully saturated rings. The van der Waals surface area contributed by atoms with Crippen LogP contribution in [0.1, 0.15) is 41.3 Å². The molecule has 2 rings (SSSR count). The van der Waals surface area contributed by atoms with Gasteiger partial charge in [-0.05, 0) is 25.8 Å². The van der Waals surface area contributed by atoms with Crippen LogP contribution in [0.3, 0.4) is 0 Å². The highest BCUT2D eigenvalue weighted by Gasteiger charge is 2.23. The first-order valence-electron chi connectivity index (χ1n) is 6.34. The Kier molecular flexibility index (Phi) is 3.42. The average Bonchev–Trinajstić information content (AvgIpc) is 2.88. The van der Waals surface area contributed by atoms with Crippen LogP contribution < -0.4 is 0 Å². The number of carbonyl (C=O) groups is 1. The second kappa shape index (κ2) is 4.87. The minimum Gasteiger partial charge on any atom is -0.477 e. The number of carboxylic acid groups (broad SMARTS) is 1. The van der Waals surface area contributed by atoms with Gasteiger partial charge in [0.25, 0.3) is 0 Å². The van der Waals surface area contributed by atoms with Crippen LogP contribution >= 0.6 is 0 Å². The molecule has 0 aliphatic carbocycles. The molecule has 2 heterocycles. The van der Waals surface area contributed by atoms with E-state index < -0.39 is 5.97 Å². The van der Waals surface area contributed by atoms with E-state index in [0.717, 1.165) is 24.2 Å². The summed E-state index contributed by atoms with van der Waals surface area (Å²) in [6, 6.07) is 2.01. The van der Waals surface area contributed by atoms with Crippen molar-refractivity contribution in [1.82, 2.24) is 19.6 Å². The molecule has 0 aliphatic heterocycles. The Balaban J connectivity index is 2.71. The first-order valence-corrected chi connectivity index (χ1v) is 6.34. The molecular weight excluding hydrogens is 244 g/mol. The van der Waals surface area contributed by atoms with Crippen molar-refractivity contribution in [2.24, 2.45) is 7.05 Å². The van der Waals surface area contributed by atoms with Crippen LogP contribution in [0, 0.1) is 6.92 Å². The molecule has 0 saturated heterocycles. The molecule has 0 aromatic carbocycles. The van der Waals surface area contributed by atoms with Crippen LogP contribution in [0.5, 0.6) is 0 Å². The van der Waals surface area contributed by atoms with E-state index in [9.17, 15) is 9.90 Å². The molecule has 19 heavy (non-hydrogen) atoms. The third-order valence-electron chi connectivity index (χ3n) is 3.16. The van der Waals surface area contributed by atoms with Crippen LogP contribution in [0.15, 0.2) is 6.07 Å². The minimum absolute atomic E-state index is 0.211.